The minimum Gasteiger partial charge on any atom is -0.311 e. The van der Waals surface area contributed by atoms with Crippen molar-refractivity contribution in [2.75, 3.05) is 26.2 Å². The fraction of sp³-hybridized carbons (Fsp3) is 0.533. The quantitative estimate of drug-likeness (QED) is 0.715. The monoisotopic (exact) mass is 245 g/mol. The molecule has 0 aliphatic rings. The Morgan fingerprint density at radius 1 is 1.28 bits per heavy atom. The second-order valence-corrected chi connectivity index (χ2v) is 4.42. The van der Waals surface area contributed by atoms with Crippen LogP contribution in [0.3, 0.4) is 0 Å². The molecule has 0 unspecified atom stereocenters. The largest absolute Gasteiger partial charge is 0.311 e. The highest BCUT2D eigenvalue weighted by Crippen LogP contribution is 2.03. The molecule has 98 valence electrons. The van der Waals surface area contributed by atoms with Crippen molar-refractivity contribution in [3.63, 3.8) is 0 Å². The topological polar surface area (TPSA) is 39.1 Å². The predicted molar refractivity (Wildman–Crippen MR) is 75.3 cm³/mol. The third-order valence-electron chi connectivity index (χ3n) is 2.98. The Hall–Kier alpha value is -1.37. The average molecular weight is 245 g/mol. The van der Waals surface area contributed by atoms with Crippen LogP contribution in [0.5, 0.6) is 0 Å². The highest BCUT2D eigenvalue weighted by atomic mass is 15.1. The summed E-state index contributed by atoms with van der Waals surface area (Å²) in [6.45, 7) is 9.60. The zero-order valence-electron chi connectivity index (χ0n) is 11.4. The molecular formula is C15H23N3. The SMILES string of the molecule is CCCN(CC)CCNCc1cccc(C#N)c1. The first-order valence-electron chi connectivity index (χ1n) is 6.72. The maximum Gasteiger partial charge on any atom is 0.0991 e. The highest BCUT2D eigenvalue weighted by Gasteiger charge is 2.00. The molecule has 0 atom stereocenters. The van der Waals surface area contributed by atoms with Crippen LogP contribution in [0.1, 0.15) is 31.4 Å². The molecule has 0 fully saturated rings. The van der Waals surface area contributed by atoms with Crippen LogP contribution in [0.25, 0.3) is 0 Å². The van der Waals surface area contributed by atoms with Crippen LogP contribution in [-0.4, -0.2) is 31.1 Å². The highest BCUT2D eigenvalue weighted by molar-refractivity contribution is 5.32. The van der Waals surface area contributed by atoms with Crippen molar-refractivity contribution in [3.05, 3.63) is 35.4 Å². The molecule has 0 aliphatic heterocycles. The van der Waals surface area contributed by atoms with E-state index in [1.165, 1.54) is 18.5 Å². The summed E-state index contributed by atoms with van der Waals surface area (Å²) in [7, 11) is 0. The van der Waals surface area contributed by atoms with Gasteiger partial charge in [-0.25, -0.2) is 0 Å². The van der Waals surface area contributed by atoms with E-state index in [-0.39, 0.29) is 0 Å². The lowest BCUT2D eigenvalue weighted by Crippen LogP contribution is -2.32. The molecule has 0 heterocycles. The van der Waals surface area contributed by atoms with Crippen LogP contribution in [0.4, 0.5) is 0 Å². The summed E-state index contributed by atoms with van der Waals surface area (Å²) in [4.78, 5) is 2.44. The molecule has 1 N–H and O–H groups in total. The number of hydrogen-bond donors (Lipinski definition) is 1. The molecule has 0 spiro atoms. The molecule has 0 aromatic heterocycles. The van der Waals surface area contributed by atoms with E-state index >= 15 is 0 Å². The van der Waals surface area contributed by atoms with E-state index in [1.54, 1.807) is 0 Å². The summed E-state index contributed by atoms with van der Waals surface area (Å²) in [6.07, 6.45) is 1.21. The standard InChI is InChI=1S/C15H23N3/c1-3-9-18(4-2)10-8-17-13-15-7-5-6-14(11-15)12-16/h5-7,11,17H,3-4,8-10,13H2,1-2H3. The van der Waals surface area contributed by atoms with Crippen molar-refractivity contribution in [1.29, 1.82) is 5.26 Å². The van der Waals surface area contributed by atoms with Crippen molar-refractivity contribution in [3.8, 4) is 6.07 Å². The van der Waals surface area contributed by atoms with Crippen molar-refractivity contribution < 1.29 is 0 Å². The molecule has 0 amide bonds. The van der Waals surface area contributed by atoms with E-state index in [1.807, 2.05) is 18.2 Å². The second-order valence-electron chi connectivity index (χ2n) is 4.42. The first kappa shape index (κ1) is 14.7. The van der Waals surface area contributed by atoms with Gasteiger partial charge in [0.25, 0.3) is 0 Å². The summed E-state index contributed by atoms with van der Waals surface area (Å²) >= 11 is 0. The van der Waals surface area contributed by atoms with Gasteiger partial charge in [-0.05, 0) is 37.2 Å². The number of likely N-dealkylation sites (N-methyl/N-ethyl adjacent to an activating group) is 1. The van der Waals surface area contributed by atoms with E-state index in [9.17, 15) is 0 Å². The van der Waals surface area contributed by atoms with Gasteiger partial charge in [0.2, 0.25) is 0 Å². The number of hydrogen-bond acceptors (Lipinski definition) is 3. The Balaban J connectivity index is 2.27. The van der Waals surface area contributed by atoms with Gasteiger partial charge in [-0.15, -0.1) is 0 Å². The van der Waals surface area contributed by atoms with Crippen molar-refractivity contribution in [2.24, 2.45) is 0 Å². The lowest BCUT2D eigenvalue weighted by Gasteiger charge is -2.19. The Labute approximate surface area is 110 Å². The lowest BCUT2D eigenvalue weighted by molar-refractivity contribution is 0.287. The maximum absolute atomic E-state index is 8.82. The Morgan fingerprint density at radius 2 is 2.11 bits per heavy atom. The Bertz CT molecular complexity index is 382. The summed E-state index contributed by atoms with van der Waals surface area (Å²) in [5.74, 6) is 0. The van der Waals surface area contributed by atoms with E-state index < -0.39 is 0 Å². The van der Waals surface area contributed by atoms with Crippen LogP contribution in [0.15, 0.2) is 24.3 Å². The van der Waals surface area contributed by atoms with Gasteiger partial charge in [0.15, 0.2) is 0 Å². The van der Waals surface area contributed by atoms with E-state index in [2.05, 4.69) is 36.2 Å². The molecule has 18 heavy (non-hydrogen) atoms. The number of nitrogens with one attached hydrogen (secondary N) is 1. The summed E-state index contributed by atoms with van der Waals surface area (Å²) < 4.78 is 0. The molecule has 0 saturated carbocycles. The fourth-order valence-corrected chi connectivity index (χ4v) is 1.96. The summed E-state index contributed by atoms with van der Waals surface area (Å²) in [5, 5.41) is 12.2. The van der Waals surface area contributed by atoms with Gasteiger partial charge >= 0.3 is 0 Å². The van der Waals surface area contributed by atoms with Gasteiger partial charge in [0, 0.05) is 19.6 Å². The van der Waals surface area contributed by atoms with Crippen molar-refractivity contribution >= 4 is 0 Å². The second kappa shape index (κ2) is 8.68. The summed E-state index contributed by atoms with van der Waals surface area (Å²) in [6, 6.07) is 9.93. The molecule has 3 heteroatoms. The minimum atomic E-state index is 0.732. The zero-order valence-corrected chi connectivity index (χ0v) is 11.4. The maximum atomic E-state index is 8.82. The van der Waals surface area contributed by atoms with Crippen molar-refractivity contribution in [2.45, 2.75) is 26.8 Å². The molecule has 1 rings (SSSR count). The molecule has 0 saturated heterocycles. The van der Waals surface area contributed by atoms with E-state index in [0.717, 1.165) is 31.7 Å². The molecule has 0 radical (unpaired) electrons. The Morgan fingerprint density at radius 3 is 2.78 bits per heavy atom. The minimum absolute atomic E-state index is 0.732. The smallest absolute Gasteiger partial charge is 0.0991 e. The summed E-state index contributed by atoms with van der Waals surface area (Å²) in [5.41, 5.74) is 1.91. The van der Waals surface area contributed by atoms with Gasteiger partial charge < -0.3 is 10.2 Å². The van der Waals surface area contributed by atoms with Crippen molar-refractivity contribution in [1.82, 2.24) is 10.2 Å². The van der Waals surface area contributed by atoms with Crippen LogP contribution >= 0.6 is 0 Å². The first-order valence-corrected chi connectivity index (χ1v) is 6.72. The van der Waals surface area contributed by atoms with E-state index in [0.29, 0.717) is 0 Å². The normalized spacial score (nSPS) is 10.6. The average Bonchev–Trinajstić information content (AvgIpc) is 2.42. The van der Waals surface area contributed by atoms with Gasteiger partial charge in [0.1, 0.15) is 0 Å². The number of rotatable bonds is 8. The zero-order chi connectivity index (χ0) is 13.2. The van der Waals surface area contributed by atoms with Crippen LogP contribution < -0.4 is 5.32 Å². The third-order valence-corrected chi connectivity index (χ3v) is 2.98. The predicted octanol–water partition coefficient (Wildman–Crippen LogP) is 2.38. The third kappa shape index (κ3) is 5.31. The van der Waals surface area contributed by atoms with Crippen LogP contribution in [0, 0.1) is 11.3 Å². The number of benzene rings is 1. The molecular weight excluding hydrogens is 222 g/mol. The fourth-order valence-electron chi connectivity index (χ4n) is 1.96. The molecule has 3 nitrogen and oxygen atoms in total. The van der Waals surface area contributed by atoms with Gasteiger partial charge in [-0.3, -0.25) is 0 Å². The van der Waals surface area contributed by atoms with Gasteiger partial charge in [-0.2, -0.15) is 5.26 Å². The lowest BCUT2D eigenvalue weighted by atomic mass is 10.1. The molecule has 1 aromatic rings. The molecule has 1 aromatic carbocycles. The van der Waals surface area contributed by atoms with Crippen LogP contribution in [0.2, 0.25) is 0 Å². The number of nitrogens with zero attached hydrogens (tertiary/aromatic N) is 2. The van der Waals surface area contributed by atoms with Gasteiger partial charge in [0.05, 0.1) is 11.6 Å². The Kier molecular flexibility index (Phi) is 7.09. The van der Waals surface area contributed by atoms with Crippen LogP contribution in [-0.2, 0) is 6.54 Å². The van der Waals surface area contributed by atoms with Gasteiger partial charge in [-0.1, -0.05) is 26.0 Å². The molecule has 0 bridgehead atoms. The molecule has 0 aliphatic carbocycles. The first-order chi connectivity index (χ1) is 8.80. The number of nitriles is 1. The van der Waals surface area contributed by atoms with E-state index in [4.69, 9.17) is 5.26 Å².